The maximum atomic E-state index is 12.9. The van der Waals surface area contributed by atoms with Gasteiger partial charge in [-0.05, 0) is 24.3 Å². The zero-order chi connectivity index (χ0) is 26.6. The van der Waals surface area contributed by atoms with Crippen LogP contribution < -0.4 is 5.32 Å². The molecular weight excluding hydrogens is 514 g/mol. The molecule has 2 aromatic carbocycles. The summed E-state index contributed by atoms with van der Waals surface area (Å²) in [4.78, 5) is 49.6. The molecule has 0 bridgehead atoms. The monoisotopic (exact) mass is 535 g/mol. The SMILES string of the molecule is CC(=O)Nc1nc(Cl)c2ncn([C@H]3O[C@@H](COC(=O)c4ccccc4)C[C@H]3OC(=O)c3ccccc3)c2n1. The smallest absolute Gasteiger partial charge is 0.338 e. The third-order valence-corrected chi connectivity index (χ3v) is 6.03. The number of halogens is 1. The molecule has 5 rings (SSSR count). The Morgan fingerprint density at radius 3 is 2.34 bits per heavy atom. The van der Waals surface area contributed by atoms with Crippen LogP contribution in [0.1, 0.15) is 40.3 Å². The number of imidazole rings is 1. The molecule has 11 nitrogen and oxygen atoms in total. The molecule has 1 amide bonds. The molecule has 0 unspecified atom stereocenters. The summed E-state index contributed by atoms with van der Waals surface area (Å²) in [5, 5.41) is 2.53. The van der Waals surface area contributed by atoms with Crippen LogP contribution in [0.25, 0.3) is 11.2 Å². The number of hydrogen-bond donors (Lipinski definition) is 1. The summed E-state index contributed by atoms with van der Waals surface area (Å²) >= 11 is 6.28. The molecule has 2 aromatic heterocycles. The van der Waals surface area contributed by atoms with Crippen LogP contribution in [0.15, 0.2) is 67.0 Å². The van der Waals surface area contributed by atoms with Crippen LogP contribution in [0, 0.1) is 0 Å². The first-order chi connectivity index (χ1) is 18.4. The van der Waals surface area contributed by atoms with E-state index in [4.69, 9.17) is 25.8 Å². The molecule has 0 spiro atoms. The molecule has 1 N–H and O–H groups in total. The van der Waals surface area contributed by atoms with Gasteiger partial charge in [-0.1, -0.05) is 48.0 Å². The van der Waals surface area contributed by atoms with E-state index < -0.39 is 30.4 Å². The molecule has 194 valence electrons. The molecule has 38 heavy (non-hydrogen) atoms. The molecule has 0 radical (unpaired) electrons. The van der Waals surface area contributed by atoms with Crippen molar-refractivity contribution < 1.29 is 28.6 Å². The molecule has 1 aliphatic rings. The maximum absolute atomic E-state index is 12.9. The number of anilines is 1. The van der Waals surface area contributed by atoms with Gasteiger partial charge in [-0.25, -0.2) is 14.6 Å². The van der Waals surface area contributed by atoms with Gasteiger partial charge in [0.2, 0.25) is 11.9 Å². The lowest BCUT2D eigenvalue weighted by Crippen LogP contribution is -2.25. The minimum atomic E-state index is -0.871. The van der Waals surface area contributed by atoms with E-state index in [0.29, 0.717) is 11.1 Å². The molecule has 1 aliphatic heterocycles. The van der Waals surface area contributed by atoms with Crippen molar-refractivity contribution >= 4 is 46.6 Å². The standard InChI is InChI=1S/C26H22ClN5O6/c1-15(33)29-26-30-21(27)20-22(31-26)32(14-28-20)23-19(38-25(35)17-10-6-3-7-11-17)12-18(37-23)13-36-24(34)16-8-4-2-5-9-16/h2-11,14,18-19,23H,12-13H2,1H3,(H,29,30,31,33)/t18-,19-,23+/m1/s1. The Morgan fingerprint density at radius 2 is 1.68 bits per heavy atom. The summed E-state index contributed by atoms with van der Waals surface area (Å²) in [5.74, 6) is -1.43. The van der Waals surface area contributed by atoms with Crippen LogP contribution in [0.4, 0.5) is 5.95 Å². The molecule has 1 saturated heterocycles. The van der Waals surface area contributed by atoms with Crippen molar-refractivity contribution in [1.82, 2.24) is 19.5 Å². The van der Waals surface area contributed by atoms with Crippen molar-refractivity contribution in [3.05, 3.63) is 83.3 Å². The summed E-state index contributed by atoms with van der Waals surface area (Å²) in [7, 11) is 0. The highest BCUT2D eigenvalue weighted by molar-refractivity contribution is 6.33. The molecule has 12 heteroatoms. The van der Waals surface area contributed by atoms with E-state index in [0.717, 1.165) is 0 Å². The van der Waals surface area contributed by atoms with Gasteiger partial charge in [-0.15, -0.1) is 0 Å². The third-order valence-electron chi connectivity index (χ3n) is 5.76. The Kier molecular flexibility index (Phi) is 7.29. The van der Waals surface area contributed by atoms with Crippen molar-refractivity contribution in [2.75, 3.05) is 11.9 Å². The number of nitrogens with zero attached hydrogens (tertiary/aromatic N) is 4. The Labute approximate surface area is 221 Å². The normalized spacial score (nSPS) is 18.7. The number of aromatic nitrogens is 4. The summed E-state index contributed by atoms with van der Waals surface area (Å²) in [6.07, 6.45) is -0.564. The van der Waals surface area contributed by atoms with Crippen molar-refractivity contribution in [3.63, 3.8) is 0 Å². The molecule has 0 aliphatic carbocycles. The minimum Gasteiger partial charge on any atom is -0.459 e. The van der Waals surface area contributed by atoms with Gasteiger partial charge in [0.1, 0.15) is 18.2 Å². The van der Waals surface area contributed by atoms with Gasteiger partial charge in [-0.2, -0.15) is 9.97 Å². The lowest BCUT2D eigenvalue weighted by molar-refractivity contribution is -0.114. The average molecular weight is 536 g/mol. The number of carbonyl (C=O) groups excluding carboxylic acids is 3. The summed E-state index contributed by atoms with van der Waals surface area (Å²) in [6.45, 7) is 1.25. The van der Waals surface area contributed by atoms with E-state index in [9.17, 15) is 14.4 Å². The number of benzene rings is 2. The van der Waals surface area contributed by atoms with Gasteiger partial charge < -0.3 is 14.2 Å². The van der Waals surface area contributed by atoms with E-state index in [-0.39, 0.29) is 41.2 Å². The average Bonchev–Trinajstić information content (AvgIpc) is 3.52. The highest BCUT2D eigenvalue weighted by Gasteiger charge is 2.41. The largest absolute Gasteiger partial charge is 0.459 e. The van der Waals surface area contributed by atoms with Crippen molar-refractivity contribution in [3.8, 4) is 0 Å². The fraction of sp³-hybridized carbons (Fsp3) is 0.231. The topological polar surface area (TPSA) is 135 Å². The minimum absolute atomic E-state index is 0.0130. The van der Waals surface area contributed by atoms with E-state index in [1.165, 1.54) is 13.3 Å². The van der Waals surface area contributed by atoms with E-state index in [1.54, 1.807) is 65.2 Å². The predicted molar refractivity (Wildman–Crippen MR) is 136 cm³/mol. The summed E-state index contributed by atoms with van der Waals surface area (Å²) in [5.41, 5.74) is 1.32. The molecule has 1 fully saturated rings. The highest BCUT2D eigenvalue weighted by Crippen LogP contribution is 2.35. The van der Waals surface area contributed by atoms with E-state index >= 15 is 0 Å². The van der Waals surface area contributed by atoms with Crippen LogP contribution in [0.3, 0.4) is 0 Å². The number of esters is 2. The lowest BCUT2D eigenvalue weighted by atomic mass is 10.2. The first kappa shape index (κ1) is 25.3. The third kappa shape index (κ3) is 5.48. The van der Waals surface area contributed by atoms with Crippen molar-refractivity contribution in [2.45, 2.75) is 31.8 Å². The van der Waals surface area contributed by atoms with E-state index in [1.807, 2.05) is 0 Å². The Bertz CT molecular complexity index is 1480. The van der Waals surface area contributed by atoms with Gasteiger partial charge in [0.05, 0.1) is 23.6 Å². The number of rotatable bonds is 7. The fourth-order valence-electron chi connectivity index (χ4n) is 4.06. The van der Waals surface area contributed by atoms with Crippen LogP contribution in [0.2, 0.25) is 5.15 Å². The first-order valence-electron chi connectivity index (χ1n) is 11.7. The van der Waals surface area contributed by atoms with Crippen LogP contribution >= 0.6 is 11.6 Å². The number of amides is 1. The lowest BCUT2D eigenvalue weighted by Gasteiger charge is -2.20. The van der Waals surface area contributed by atoms with Crippen LogP contribution in [-0.2, 0) is 19.0 Å². The second kappa shape index (κ2) is 11.0. The Hall–Kier alpha value is -4.35. The molecule has 0 saturated carbocycles. The molecule has 3 atom stereocenters. The van der Waals surface area contributed by atoms with Crippen LogP contribution in [-0.4, -0.2) is 56.2 Å². The zero-order valence-corrected chi connectivity index (χ0v) is 20.9. The fourth-order valence-corrected chi connectivity index (χ4v) is 4.28. The van der Waals surface area contributed by atoms with Gasteiger partial charge in [0.15, 0.2) is 17.0 Å². The number of fused-ring (bicyclic) bond motifs is 1. The first-order valence-corrected chi connectivity index (χ1v) is 12.1. The van der Waals surface area contributed by atoms with Gasteiger partial charge in [0, 0.05) is 13.3 Å². The van der Waals surface area contributed by atoms with Gasteiger partial charge in [-0.3, -0.25) is 14.7 Å². The predicted octanol–water partition coefficient (Wildman–Crippen LogP) is 3.81. The number of carbonyl (C=O) groups is 3. The molecule has 3 heterocycles. The second-order valence-electron chi connectivity index (χ2n) is 8.50. The molecule has 4 aromatic rings. The number of ether oxygens (including phenoxy) is 3. The van der Waals surface area contributed by atoms with Crippen molar-refractivity contribution in [2.24, 2.45) is 0 Å². The number of nitrogens with one attached hydrogen (secondary N) is 1. The quantitative estimate of drug-likeness (QED) is 0.277. The highest BCUT2D eigenvalue weighted by atomic mass is 35.5. The van der Waals surface area contributed by atoms with Gasteiger partial charge in [0.25, 0.3) is 0 Å². The Morgan fingerprint density at radius 1 is 1.03 bits per heavy atom. The number of hydrogen-bond acceptors (Lipinski definition) is 9. The summed E-state index contributed by atoms with van der Waals surface area (Å²) in [6, 6.07) is 17.1. The van der Waals surface area contributed by atoms with Gasteiger partial charge >= 0.3 is 11.9 Å². The maximum Gasteiger partial charge on any atom is 0.338 e. The zero-order valence-electron chi connectivity index (χ0n) is 20.1. The van der Waals surface area contributed by atoms with Crippen LogP contribution in [0.5, 0.6) is 0 Å². The Balaban J connectivity index is 1.41. The molecular formula is C26H22ClN5O6. The van der Waals surface area contributed by atoms with Crippen molar-refractivity contribution in [1.29, 1.82) is 0 Å². The second-order valence-corrected chi connectivity index (χ2v) is 8.86. The van der Waals surface area contributed by atoms with E-state index in [2.05, 4.69) is 20.3 Å². The summed E-state index contributed by atoms with van der Waals surface area (Å²) < 4.78 is 19.0.